The van der Waals surface area contributed by atoms with E-state index in [1.807, 2.05) is 42.5 Å². The van der Waals surface area contributed by atoms with E-state index in [9.17, 15) is 0 Å². The maximum absolute atomic E-state index is 5.19. The van der Waals surface area contributed by atoms with E-state index in [2.05, 4.69) is 97.9 Å². The van der Waals surface area contributed by atoms with Crippen LogP contribution in [0, 0.1) is 6.92 Å². The molecule has 0 aliphatic heterocycles. The van der Waals surface area contributed by atoms with Gasteiger partial charge in [-0.05, 0) is 47.9 Å². The Balaban J connectivity index is 1.45. The predicted molar refractivity (Wildman–Crippen MR) is 161 cm³/mol. The molecule has 3 heteroatoms. The van der Waals surface area contributed by atoms with Crippen LogP contribution >= 0.6 is 0 Å². The maximum Gasteiger partial charge on any atom is 0.0975 e. The molecule has 0 saturated heterocycles. The highest BCUT2D eigenvalue weighted by molar-refractivity contribution is 6.05. The normalized spacial score (nSPS) is 11.2. The molecule has 3 heterocycles. The number of hydrogen-bond donors (Lipinski definition) is 0. The number of benzene rings is 4. The van der Waals surface area contributed by atoms with Crippen molar-refractivity contribution in [2.45, 2.75) is 6.92 Å². The van der Waals surface area contributed by atoms with Crippen molar-refractivity contribution in [1.29, 1.82) is 0 Å². The standard InChI is InChI=1S/C36H25N3/c1-24-21-32(26-13-7-3-8-14-26)39-36-30(24)19-17-28-18-20-31(38-35(28)36)34-23-29(25-11-5-2-6-12-25)22-33(37-34)27-15-9-4-10-16-27/h2-23H,1H3. The Morgan fingerprint density at radius 3 is 1.59 bits per heavy atom. The maximum atomic E-state index is 5.19. The fourth-order valence-electron chi connectivity index (χ4n) is 5.16. The third-order valence-electron chi connectivity index (χ3n) is 7.18. The van der Waals surface area contributed by atoms with Crippen LogP contribution in [0.2, 0.25) is 0 Å². The zero-order valence-corrected chi connectivity index (χ0v) is 21.5. The summed E-state index contributed by atoms with van der Waals surface area (Å²) in [5.41, 5.74) is 11.0. The molecule has 0 spiro atoms. The first-order chi connectivity index (χ1) is 19.2. The number of fused-ring (bicyclic) bond motifs is 3. The van der Waals surface area contributed by atoms with Crippen molar-refractivity contribution in [1.82, 2.24) is 15.0 Å². The summed E-state index contributed by atoms with van der Waals surface area (Å²) in [6.45, 7) is 2.14. The van der Waals surface area contributed by atoms with Crippen LogP contribution in [0.4, 0.5) is 0 Å². The van der Waals surface area contributed by atoms with Gasteiger partial charge in [-0.2, -0.15) is 0 Å². The summed E-state index contributed by atoms with van der Waals surface area (Å²) in [5, 5.41) is 2.17. The summed E-state index contributed by atoms with van der Waals surface area (Å²) in [4.78, 5) is 15.4. The third kappa shape index (κ3) is 4.34. The van der Waals surface area contributed by atoms with Gasteiger partial charge in [-0.1, -0.05) is 109 Å². The van der Waals surface area contributed by atoms with Crippen LogP contribution < -0.4 is 0 Å². The van der Waals surface area contributed by atoms with E-state index >= 15 is 0 Å². The lowest BCUT2D eigenvalue weighted by molar-refractivity contribution is 1.27. The molecule has 4 aromatic carbocycles. The minimum Gasteiger partial charge on any atom is -0.246 e. The van der Waals surface area contributed by atoms with E-state index in [0.717, 1.165) is 66.8 Å². The van der Waals surface area contributed by atoms with Gasteiger partial charge in [-0.25, -0.2) is 15.0 Å². The molecule has 0 unspecified atom stereocenters. The van der Waals surface area contributed by atoms with Crippen molar-refractivity contribution >= 4 is 21.8 Å². The molecule has 0 aliphatic carbocycles. The lowest BCUT2D eigenvalue weighted by Crippen LogP contribution is -1.95. The topological polar surface area (TPSA) is 38.7 Å². The molecular weight excluding hydrogens is 474 g/mol. The Labute approximate surface area is 227 Å². The Morgan fingerprint density at radius 2 is 0.923 bits per heavy atom. The Bertz CT molecular complexity index is 1890. The summed E-state index contributed by atoms with van der Waals surface area (Å²) < 4.78 is 0. The highest BCUT2D eigenvalue weighted by Gasteiger charge is 2.13. The summed E-state index contributed by atoms with van der Waals surface area (Å²) in [7, 11) is 0. The van der Waals surface area contributed by atoms with E-state index in [0.29, 0.717) is 0 Å². The van der Waals surface area contributed by atoms with Gasteiger partial charge in [-0.15, -0.1) is 0 Å². The van der Waals surface area contributed by atoms with E-state index in [1.165, 1.54) is 5.56 Å². The van der Waals surface area contributed by atoms with Gasteiger partial charge in [-0.3, -0.25) is 0 Å². The molecule has 7 rings (SSSR count). The molecular formula is C36H25N3. The number of hydrogen-bond acceptors (Lipinski definition) is 3. The second kappa shape index (κ2) is 9.62. The van der Waals surface area contributed by atoms with Gasteiger partial charge in [0.2, 0.25) is 0 Å². The van der Waals surface area contributed by atoms with E-state index < -0.39 is 0 Å². The van der Waals surface area contributed by atoms with Crippen molar-refractivity contribution < 1.29 is 0 Å². The summed E-state index contributed by atoms with van der Waals surface area (Å²) >= 11 is 0. The zero-order valence-electron chi connectivity index (χ0n) is 21.5. The SMILES string of the molecule is Cc1cc(-c2ccccc2)nc2c1ccc1ccc(-c3cc(-c4ccccc4)cc(-c4ccccc4)n3)nc12. The molecule has 0 fully saturated rings. The molecule has 0 amide bonds. The lowest BCUT2D eigenvalue weighted by Gasteiger charge is -2.12. The van der Waals surface area contributed by atoms with Crippen LogP contribution in [0.25, 0.3) is 66.8 Å². The highest BCUT2D eigenvalue weighted by Crippen LogP contribution is 2.33. The van der Waals surface area contributed by atoms with Crippen LogP contribution in [0.15, 0.2) is 133 Å². The summed E-state index contributed by atoms with van der Waals surface area (Å²) in [5.74, 6) is 0. The molecule has 39 heavy (non-hydrogen) atoms. The highest BCUT2D eigenvalue weighted by atomic mass is 14.8. The third-order valence-corrected chi connectivity index (χ3v) is 7.18. The van der Waals surface area contributed by atoms with Crippen molar-refractivity contribution in [2.75, 3.05) is 0 Å². The summed E-state index contributed by atoms with van der Waals surface area (Å²) in [6.07, 6.45) is 0. The number of rotatable bonds is 4. The molecule has 0 saturated carbocycles. The first kappa shape index (κ1) is 23.0. The second-order valence-electron chi connectivity index (χ2n) is 9.78. The average Bonchev–Trinajstić information content (AvgIpc) is 3.01. The van der Waals surface area contributed by atoms with E-state index in [1.54, 1.807) is 0 Å². The first-order valence-corrected chi connectivity index (χ1v) is 13.1. The van der Waals surface area contributed by atoms with Crippen molar-refractivity contribution in [2.24, 2.45) is 0 Å². The van der Waals surface area contributed by atoms with E-state index in [-0.39, 0.29) is 0 Å². The molecule has 0 N–H and O–H groups in total. The molecule has 7 aromatic rings. The van der Waals surface area contributed by atoms with Gasteiger partial charge in [0.1, 0.15) is 0 Å². The molecule has 184 valence electrons. The van der Waals surface area contributed by atoms with Gasteiger partial charge >= 0.3 is 0 Å². The molecule has 0 aliphatic rings. The number of aromatic nitrogens is 3. The van der Waals surface area contributed by atoms with Crippen molar-refractivity contribution in [3.8, 4) is 45.0 Å². The number of pyridine rings is 3. The number of nitrogens with zero attached hydrogens (tertiary/aromatic N) is 3. The predicted octanol–water partition coefficient (Wildman–Crippen LogP) is 9.15. The molecule has 0 bridgehead atoms. The molecule has 3 aromatic heterocycles. The lowest BCUT2D eigenvalue weighted by atomic mass is 10.0. The van der Waals surface area contributed by atoms with Gasteiger partial charge < -0.3 is 0 Å². The molecule has 0 radical (unpaired) electrons. The monoisotopic (exact) mass is 499 g/mol. The summed E-state index contributed by atoms with van der Waals surface area (Å²) in [6, 6.07) is 46.0. The van der Waals surface area contributed by atoms with Crippen LogP contribution in [0.1, 0.15) is 5.56 Å². The fraction of sp³-hybridized carbons (Fsp3) is 0.0278. The fourth-order valence-corrected chi connectivity index (χ4v) is 5.16. The van der Waals surface area contributed by atoms with Gasteiger partial charge in [0.25, 0.3) is 0 Å². The smallest absolute Gasteiger partial charge is 0.0975 e. The van der Waals surface area contributed by atoms with Gasteiger partial charge in [0.05, 0.1) is 33.8 Å². The molecule has 3 nitrogen and oxygen atoms in total. The van der Waals surface area contributed by atoms with Crippen molar-refractivity contribution in [3.63, 3.8) is 0 Å². The van der Waals surface area contributed by atoms with Crippen LogP contribution in [0.5, 0.6) is 0 Å². The quantitative estimate of drug-likeness (QED) is 0.227. The van der Waals surface area contributed by atoms with Crippen LogP contribution in [-0.2, 0) is 0 Å². The van der Waals surface area contributed by atoms with E-state index in [4.69, 9.17) is 15.0 Å². The van der Waals surface area contributed by atoms with Crippen molar-refractivity contribution in [3.05, 3.63) is 139 Å². The minimum absolute atomic E-state index is 0.828. The zero-order chi connectivity index (χ0) is 26.2. The van der Waals surface area contributed by atoms with Crippen LogP contribution in [0.3, 0.4) is 0 Å². The van der Waals surface area contributed by atoms with Gasteiger partial charge in [0.15, 0.2) is 0 Å². The number of aryl methyl sites for hydroxylation is 1. The van der Waals surface area contributed by atoms with Gasteiger partial charge in [0, 0.05) is 21.9 Å². The molecule has 0 atom stereocenters. The average molecular weight is 500 g/mol. The first-order valence-electron chi connectivity index (χ1n) is 13.1. The minimum atomic E-state index is 0.828. The Morgan fingerprint density at radius 1 is 0.385 bits per heavy atom. The second-order valence-corrected chi connectivity index (χ2v) is 9.78. The van der Waals surface area contributed by atoms with Crippen LogP contribution in [-0.4, -0.2) is 15.0 Å². The largest absolute Gasteiger partial charge is 0.246 e. The Kier molecular flexibility index (Phi) is 5.68. The Hall–Kier alpha value is -5.15.